The number of benzene rings is 2. The minimum atomic E-state index is -0.458. The lowest BCUT2D eigenvalue weighted by Gasteiger charge is -2.11. The van der Waals surface area contributed by atoms with Gasteiger partial charge in [0.2, 0.25) is 0 Å². The number of anilines is 2. The van der Waals surface area contributed by atoms with E-state index in [0.29, 0.717) is 34.2 Å². The summed E-state index contributed by atoms with van der Waals surface area (Å²) in [5.41, 5.74) is 2.31. The molecule has 0 radical (unpaired) electrons. The molecule has 2 aromatic carbocycles. The number of pyridine rings is 1. The fraction of sp³-hybridized carbons (Fsp3) is 0.0952. The summed E-state index contributed by atoms with van der Waals surface area (Å²) in [6.45, 7) is 0.381. The van der Waals surface area contributed by atoms with Crippen LogP contribution in [0.2, 0.25) is 5.02 Å². The second-order valence-electron chi connectivity index (χ2n) is 5.90. The fourth-order valence-corrected chi connectivity index (χ4v) is 2.67. The van der Waals surface area contributed by atoms with Crippen LogP contribution in [0.25, 0.3) is 0 Å². The van der Waals surface area contributed by atoms with Crippen molar-refractivity contribution in [3.63, 3.8) is 0 Å². The van der Waals surface area contributed by atoms with Crippen LogP contribution in [0, 0.1) is 0 Å². The zero-order valence-corrected chi connectivity index (χ0v) is 15.9. The van der Waals surface area contributed by atoms with E-state index in [0.717, 1.165) is 5.56 Å². The predicted octanol–water partition coefficient (Wildman–Crippen LogP) is 4.20. The first-order valence-electron chi connectivity index (χ1n) is 8.50. The monoisotopic (exact) mass is 395 g/mol. The number of carbonyl (C=O) groups excluding carboxylic acids is 2. The summed E-state index contributed by atoms with van der Waals surface area (Å²) in [5.74, 6) is -0.253. The van der Waals surface area contributed by atoms with Gasteiger partial charge in [0, 0.05) is 23.3 Å². The zero-order valence-electron chi connectivity index (χ0n) is 15.1. The van der Waals surface area contributed by atoms with Gasteiger partial charge in [0.1, 0.15) is 5.82 Å². The molecule has 0 fully saturated rings. The maximum absolute atomic E-state index is 12.4. The highest BCUT2D eigenvalue weighted by Crippen LogP contribution is 2.21. The SMILES string of the molecule is COC(=O)c1ccccc1Nc1cc(C(=O)NCc2ccc(Cl)cc2)ccn1. The Balaban J connectivity index is 1.71. The molecule has 1 amide bonds. The van der Waals surface area contributed by atoms with Gasteiger partial charge in [-0.05, 0) is 42.0 Å². The Labute approximate surface area is 167 Å². The van der Waals surface area contributed by atoms with Gasteiger partial charge in [0.05, 0.1) is 18.4 Å². The Morgan fingerprint density at radius 3 is 2.57 bits per heavy atom. The number of para-hydroxylation sites is 1. The first-order chi connectivity index (χ1) is 13.6. The number of carbonyl (C=O) groups is 2. The Kier molecular flexibility index (Phi) is 6.24. The van der Waals surface area contributed by atoms with Gasteiger partial charge in [0.25, 0.3) is 5.91 Å². The third-order valence-electron chi connectivity index (χ3n) is 3.98. The van der Waals surface area contributed by atoms with E-state index in [-0.39, 0.29) is 5.91 Å². The number of aromatic nitrogens is 1. The largest absolute Gasteiger partial charge is 0.465 e. The Morgan fingerprint density at radius 1 is 1.07 bits per heavy atom. The highest BCUT2D eigenvalue weighted by Gasteiger charge is 2.12. The average molecular weight is 396 g/mol. The molecule has 0 unspecified atom stereocenters. The lowest BCUT2D eigenvalue weighted by Crippen LogP contribution is -2.22. The number of methoxy groups -OCH3 is 1. The molecule has 1 aromatic heterocycles. The van der Waals surface area contributed by atoms with Crippen LogP contribution in [-0.4, -0.2) is 24.0 Å². The molecule has 0 aliphatic rings. The number of amides is 1. The van der Waals surface area contributed by atoms with Crippen LogP contribution in [0.1, 0.15) is 26.3 Å². The molecule has 1 heterocycles. The first-order valence-corrected chi connectivity index (χ1v) is 8.87. The van der Waals surface area contributed by atoms with Gasteiger partial charge < -0.3 is 15.4 Å². The number of nitrogens with one attached hydrogen (secondary N) is 2. The van der Waals surface area contributed by atoms with Gasteiger partial charge in [-0.15, -0.1) is 0 Å². The minimum Gasteiger partial charge on any atom is -0.465 e. The number of ether oxygens (including phenoxy) is 1. The number of hydrogen-bond donors (Lipinski definition) is 2. The number of halogens is 1. The van der Waals surface area contributed by atoms with Crippen LogP contribution in [0.4, 0.5) is 11.5 Å². The number of nitrogens with zero attached hydrogens (tertiary/aromatic N) is 1. The van der Waals surface area contributed by atoms with Crippen molar-refractivity contribution in [3.8, 4) is 0 Å². The van der Waals surface area contributed by atoms with Gasteiger partial charge in [-0.2, -0.15) is 0 Å². The molecule has 142 valence electrons. The minimum absolute atomic E-state index is 0.235. The van der Waals surface area contributed by atoms with Gasteiger partial charge in [0.15, 0.2) is 0 Å². The smallest absolute Gasteiger partial charge is 0.339 e. The van der Waals surface area contributed by atoms with E-state index in [4.69, 9.17) is 16.3 Å². The summed E-state index contributed by atoms with van der Waals surface area (Å²) in [6, 6.07) is 17.4. The van der Waals surface area contributed by atoms with E-state index >= 15 is 0 Å². The fourth-order valence-electron chi connectivity index (χ4n) is 2.54. The van der Waals surface area contributed by atoms with E-state index in [1.54, 1.807) is 48.5 Å². The number of rotatable bonds is 6. The van der Waals surface area contributed by atoms with Crippen LogP contribution >= 0.6 is 11.6 Å². The van der Waals surface area contributed by atoms with Crippen molar-refractivity contribution in [3.05, 3.63) is 88.6 Å². The van der Waals surface area contributed by atoms with E-state index in [1.807, 2.05) is 12.1 Å². The van der Waals surface area contributed by atoms with Crippen LogP contribution in [0.5, 0.6) is 0 Å². The van der Waals surface area contributed by atoms with E-state index in [9.17, 15) is 9.59 Å². The van der Waals surface area contributed by atoms with E-state index < -0.39 is 5.97 Å². The van der Waals surface area contributed by atoms with Crippen molar-refractivity contribution < 1.29 is 14.3 Å². The molecule has 0 saturated heterocycles. The summed E-state index contributed by atoms with van der Waals surface area (Å²) in [5, 5.41) is 6.55. The lowest BCUT2D eigenvalue weighted by molar-refractivity contribution is 0.0601. The third-order valence-corrected chi connectivity index (χ3v) is 4.24. The molecule has 0 aliphatic heterocycles. The maximum atomic E-state index is 12.4. The Bertz CT molecular complexity index is 990. The topological polar surface area (TPSA) is 80.3 Å². The third kappa shape index (κ3) is 4.86. The predicted molar refractivity (Wildman–Crippen MR) is 108 cm³/mol. The molecule has 7 heteroatoms. The number of hydrogen-bond acceptors (Lipinski definition) is 5. The molecule has 3 aromatic rings. The molecule has 6 nitrogen and oxygen atoms in total. The van der Waals surface area contributed by atoms with Gasteiger partial charge in [-0.25, -0.2) is 9.78 Å². The quantitative estimate of drug-likeness (QED) is 0.611. The van der Waals surface area contributed by atoms with Crippen molar-refractivity contribution in [1.82, 2.24) is 10.3 Å². The van der Waals surface area contributed by atoms with E-state index in [2.05, 4.69) is 15.6 Å². The highest BCUT2D eigenvalue weighted by atomic mass is 35.5. The molecule has 0 spiro atoms. The average Bonchev–Trinajstić information content (AvgIpc) is 2.73. The molecule has 0 saturated carbocycles. The summed E-state index contributed by atoms with van der Waals surface area (Å²) in [4.78, 5) is 28.5. The summed E-state index contributed by atoms with van der Waals surface area (Å²) in [7, 11) is 1.32. The van der Waals surface area contributed by atoms with Crippen LogP contribution < -0.4 is 10.6 Å². The summed E-state index contributed by atoms with van der Waals surface area (Å²) >= 11 is 5.86. The molecule has 0 bridgehead atoms. The second-order valence-corrected chi connectivity index (χ2v) is 6.34. The molecular weight excluding hydrogens is 378 g/mol. The molecule has 0 aliphatic carbocycles. The van der Waals surface area contributed by atoms with Crippen molar-refractivity contribution in [1.29, 1.82) is 0 Å². The van der Waals surface area contributed by atoms with Gasteiger partial charge >= 0.3 is 5.97 Å². The van der Waals surface area contributed by atoms with Gasteiger partial charge in [-0.1, -0.05) is 35.9 Å². The molecular formula is C21H18ClN3O3. The van der Waals surface area contributed by atoms with E-state index in [1.165, 1.54) is 13.3 Å². The molecule has 0 atom stereocenters. The normalized spacial score (nSPS) is 10.2. The van der Waals surface area contributed by atoms with Crippen LogP contribution in [-0.2, 0) is 11.3 Å². The van der Waals surface area contributed by atoms with Gasteiger partial charge in [-0.3, -0.25) is 4.79 Å². The van der Waals surface area contributed by atoms with Crippen LogP contribution in [0.3, 0.4) is 0 Å². The number of esters is 1. The van der Waals surface area contributed by atoms with Crippen LogP contribution in [0.15, 0.2) is 66.9 Å². The first kappa shape index (κ1) is 19.4. The highest BCUT2D eigenvalue weighted by molar-refractivity contribution is 6.30. The van der Waals surface area contributed by atoms with Crippen molar-refractivity contribution in [2.24, 2.45) is 0 Å². The molecule has 2 N–H and O–H groups in total. The maximum Gasteiger partial charge on any atom is 0.339 e. The standard InChI is InChI=1S/C21H18ClN3O3/c1-28-21(27)17-4-2-3-5-18(17)25-19-12-15(10-11-23-19)20(26)24-13-14-6-8-16(22)9-7-14/h2-12H,13H2,1H3,(H,23,25)(H,24,26). The summed E-state index contributed by atoms with van der Waals surface area (Å²) in [6.07, 6.45) is 1.53. The Morgan fingerprint density at radius 2 is 1.82 bits per heavy atom. The second kappa shape index (κ2) is 9.01. The Hall–Kier alpha value is -3.38. The molecule has 3 rings (SSSR count). The lowest BCUT2D eigenvalue weighted by atomic mass is 10.1. The molecule has 28 heavy (non-hydrogen) atoms. The van der Waals surface area contributed by atoms with Crippen molar-refractivity contribution in [2.75, 3.05) is 12.4 Å². The van der Waals surface area contributed by atoms with Crippen molar-refractivity contribution >= 4 is 35.0 Å². The zero-order chi connectivity index (χ0) is 19.9. The summed E-state index contributed by atoms with van der Waals surface area (Å²) < 4.78 is 4.79. The van der Waals surface area contributed by atoms with Crippen molar-refractivity contribution in [2.45, 2.75) is 6.54 Å².